The van der Waals surface area contributed by atoms with E-state index in [-0.39, 0.29) is 5.82 Å². The number of halogens is 1. The molecule has 0 bridgehead atoms. The van der Waals surface area contributed by atoms with Gasteiger partial charge in [0.05, 0.1) is 6.54 Å². The van der Waals surface area contributed by atoms with Gasteiger partial charge >= 0.3 is 0 Å². The first-order chi connectivity index (χ1) is 6.84. The van der Waals surface area contributed by atoms with Crippen LogP contribution < -0.4 is 5.32 Å². The molecule has 1 N–H and O–H groups in total. The van der Waals surface area contributed by atoms with Crippen molar-refractivity contribution in [2.24, 2.45) is 0 Å². The second kappa shape index (κ2) is 4.19. The molecule has 0 radical (unpaired) electrons. The predicted octanol–water partition coefficient (Wildman–Crippen LogP) is 2.89. The lowest BCUT2D eigenvalue weighted by Gasteiger charge is -2.03. The molecule has 14 heavy (non-hydrogen) atoms. The fourth-order valence-electron chi connectivity index (χ4n) is 1.12. The molecule has 0 spiro atoms. The Balaban J connectivity index is 1.98. The van der Waals surface area contributed by atoms with Crippen LogP contribution in [0.4, 0.5) is 10.1 Å². The summed E-state index contributed by atoms with van der Waals surface area (Å²) in [5, 5.41) is 6.01. The topological polar surface area (TPSA) is 24.9 Å². The Hall–Kier alpha value is -1.42. The van der Waals surface area contributed by atoms with Gasteiger partial charge in [-0.2, -0.15) is 0 Å². The molecule has 1 aromatic carbocycles. The third-order valence-electron chi connectivity index (χ3n) is 1.75. The average molecular weight is 208 g/mol. The highest BCUT2D eigenvalue weighted by atomic mass is 32.1. The van der Waals surface area contributed by atoms with Crippen LogP contribution in [0.1, 0.15) is 5.01 Å². The highest BCUT2D eigenvalue weighted by Gasteiger charge is 1.96. The van der Waals surface area contributed by atoms with Crippen molar-refractivity contribution in [1.29, 1.82) is 0 Å². The van der Waals surface area contributed by atoms with Gasteiger partial charge in [-0.1, -0.05) is 6.07 Å². The number of thiazole rings is 1. The van der Waals surface area contributed by atoms with E-state index in [1.54, 1.807) is 23.6 Å². The molecule has 72 valence electrons. The average Bonchev–Trinajstić information content (AvgIpc) is 2.67. The highest BCUT2D eigenvalue weighted by Crippen LogP contribution is 2.11. The molecule has 1 heterocycles. The van der Waals surface area contributed by atoms with Crippen LogP contribution in [-0.4, -0.2) is 4.98 Å². The first-order valence-corrected chi connectivity index (χ1v) is 5.10. The zero-order valence-electron chi connectivity index (χ0n) is 7.40. The van der Waals surface area contributed by atoms with Gasteiger partial charge in [0.2, 0.25) is 0 Å². The van der Waals surface area contributed by atoms with Crippen LogP contribution in [0.2, 0.25) is 0 Å². The van der Waals surface area contributed by atoms with E-state index in [0.717, 1.165) is 10.7 Å². The van der Waals surface area contributed by atoms with Gasteiger partial charge in [-0.15, -0.1) is 11.3 Å². The smallest absolute Gasteiger partial charge is 0.125 e. The Morgan fingerprint density at radius 2 is 2.36 bits per heavy atom. The number of hydrogen-bond donors (Lipinski definition) is 1. The summed E-state index contributed by atoms with van der Waals surface area (Å²) in [6.45, 7) is 0.640. The largest absolute Gasteiger partial charge is 0.378 e. The lowest BCUT2D eigenvalue weighted by atomic mass is 10.3. The van der Waals surface area contributed by atoms with E-state index in [9.17, 15) is 4.39 Å². The van der Waals surface area contributed by atoms with E-state index in [4.69, 9.17) is 0 Å². The lowest BCUT2D eigenvalue weighted by Crippen LogP contribution is -1.98. The fraction of sp³-hybridized carbons (Fsp3) is 0.100. The van der Waals surface area contributed by atoms with Crippen molar-refractivity contribution < 1.29 is 4.39 Å². The standard InChI is InChI=1S/C10H9FN2S/c11-8-2-1-3-9(6-8)13-7-10-12-4-5-14-10/h1-6,13H,7H2. The summed E-state index contributed by atoms with van der Waals surface area (Å²) in [7, 11) is 0. The van der Waals surface area contributed by atoms with E-state index < -0.39 is 0 Å². The van der Waals surface area contributed by atoms with E-state index in [1.807, 2.05) is 11.4 Å². The van der Waals surface area contributed by atoms with Crippen molar-refractivity contribution in [1.82, 2.24) is 4.98 Å². The molecule has 0 fully saturated rings. The minimum Gasteiger partial charge on any atom is -0.378 e. The molecule has 0 aliphatic heterocycles. The quantitative estimate of drug-likeness (QED) is 0.838. The zero-order valence-corrected chi connectivity index (χ0v) is 8.22. The lowest BCUT2D eigenvalue weighted by molar-refractivity contribution is 0.628. The number of aromatic nitrogens is 1. The number of hydrogen-bond acceptors (Lipinski definition) is 3. The predicted molar refractivity (Wildman–Crippen MR) is 55.8 cm³/mol. The number of anilines is 1. The first kappa shape index (κ1) is 9.15. The van der Waals surface area contributed by atoms with Gasteiger partial charge in [-0.3, -0.25) is 0 Å². The number of rotatable bonds is 3. The molecule has 4 heteroatoms. The Bertz CT molecular complexity index is 400. The monoisotopic (exact) mass is 208 g/mol. The molecule has 2 rings (SSSR count). The molecule has 0 aliphatic rings. The maximum Gasteiger partial charge on any atom is 0.125 e. The Morgan fingerprint density at radius 1 is 1.43 bits per heavy atom. The minimum atomic E-state index is -0.228. The summed E-state index contributed by atoms with van der Waals surface area (Å²) >= 11 is 1.58. The zero-order chi connectivity index (χ0) is 9.80. The third-order valence-corrected chi connectivity index (χ3v) is 2.53. The van der Waals surface area contributed by atoms with Crippen LogP contribution >= 0.6 is 11.3 Å². The van der Waals surface area contributed by atoms with Crippen LogP contribution in [0.25, 0.3) is 0 Å². The molecule has 0 saturated heterocycles. The van der Waals surface area contributed by atoms with E-state index in [1.165, 1.54) is 12.1 Å². The summed E-state index contributed by atoms with van der Waals surface area (Å²) < 4.78 is 12.8. The molecule has 0 aliphatic carbocycles. The maximum absolute atomic E-state index is 12.8. The van der Waals surface area contributed by atoms with Crippen molar-refractivity contribution >= 4 is 17.0 Å². The van der Waals surface area contributed by atoms with Crippen molar-refractivity contribution in [3.63, 3.8) is 0 Å². The molecule has 0 saturated carbocycles. The van der Waals surface area contributed by atoms with Crippen LogP contribution in [0, 0.1) is 5.82 Å². The molecule has 2 aromatic rings. The molecule has 0 amide bonds. The minimum absolute atomic E-state index is 0.228. The van der Waals surface area contributed by atoms with E-state index >= 15 is 0 Å². The third kappa shape index (κ3) is 2.29. The highest BCUT2D eigenvalue weighted by molar-refractivity contribution is 7.09. The summed E-state index contributed by atoms with van der Waals surface area (Å²) in [4.78, 5) is 4.12. The Kier molecular flexibility index (Phi) is 2.74. The van der Waals surface area contributed by atoms with Gasteiger partial charge in [0.1, 0.15) is 10.8 Å². The molecular formula is C10H9FN2S. The fourth-order valence-corrected chi connectivity index (χ4v) is 1.67. The summed E-state index contributed by atoms with van der Waals surface area (Å²) in [5.74, 6) is -0.228. The second-order valence-electron chi connectivity index (χ2n) is 2.79. The van der Waals surface area contributed by atoms with Gasteiger partial charge in [0.25, 0.3) is 0 Å². The molecule has 0 atom stereocenters. The van der Waals surface area contributed by atoms with Crippen molar-refractivity contribution in [2.45, 2.75) is 6.54 Å². The molecule has 0 unspecified atom stereocenters. The summed E-state index contributed by atoms with van der Waals surface area (Å²) in [6, 6.07) is 6.40. The summed E-state index contributed by atoms with van der Waals surface area (Å²) in [5.41, 5.74) is 0.778. The maximum atomic E-state index is 12.8. The van der Waals surface area contributed by atoms with Gasteiger partial charge in [-0.05, 0) is 18.2 Å². The second-order valence-corrected chi connectivity index (χ2v) is 3.77. The normalized spacial score (nSPS) is 10.1. The van der Waals surface area contributed by atoms with Crippen molar-refractivity contribution in [3.05, 3.63) is 46.7 Å². The van der Waals surface area contributed by atoms with Gasteiger partial charge in [0, 0.05) is 17.3 Å². The van der Waals surface area contributed by atoms with E-state index in [0.29, 0.717) is 6.54 Å². The Labute approximate surface area is 85.4 Å². The number of benzene rings is 1. The number of nitrogens with zero attached hydrogens (tertiary/aromatic N) is 1. The first-order valence-electron chi connectivity index (χ1n) is 4.22. The SMILES string of the molecule is Fc1cccc(NCc2nccs2)c1. The Morgan fingerprint density at radius 3 is 3.07 bits per heavy atom. The van der Waals surface area contributed by atoms with Crippen LogP contribution in [0.3, 0.4) is 0 Å². The van der Waals surface area contributed by atoms with Gasteiger partial charge < -0.3 is 5.32 Å². The van der Waals surface area contributed by atoms with Crippen LogP contribution in [-0.2, 0) is 6.54 Å². The van der Waals surface area contributed by atoms with Crippen LogP contribution in [0.5, 0.6) is 0 Å². The van der Waals surface area contributed by atoms with Gasteiger partial charge in [0.15, 0.2) is 0 Å². The number of nitrogens with one attached hydrogen (secondary N) is 1. The van der Waals surface area contributed by atoms with E-state index in [2.05, 4.69) is 10.3 Å². The van der Waals surface area contributed by atoms with Crippen molar-refractivity contribution in [3.8, 4) is 0 Å². The van der Waals surface area contributed by atoms with Crippen LogP contribution in [0.15, 0.2) is 35.8 Å². The van der Waals surface area contributed by atoms with Gasteiger partial charge in [-0.25, -0.2) is 9.37 Å². The molecule has 1 aromatic heterocycles. The van der Waals surface area contributed by atoms with Crippen molar-refractivity contribution in [2.75, 3.05) is 5.32 Å². The summed E-state index contributed by atoms with van der Waals surface area (Å²) in [6.07, 6.45) is 1.76. The molecular weight excluding hydrogens is 199 g/mol. The molecule has 2 nitrogen and oxygen atoms in total.